The zero-order chi connectivity index (χ0) is 14.4. The van der Waals surface area contributed by atoms with Gasteiger partial charge in [0.2, 0.25) is 0 Å². The van der Waals surface area contributed by atoms with Crippen LogP contribution in [-0.2, 0) is 6.42 Å². The van der Waals surface area contributed by atoms with E-state index in [1.165, 1.54) is 5.56 Å². The third-order valence-corrected chi connectivity index (χ3v) is 3.11. The molecule has 0 amide bonds. The predicted octanol–water partition coefficient (Wildman–Crippen LogP) is 3.52. The van der Waals surface area contributed by atoms with Crippen molar-refractivity contribution in [3.8, 4) is 11.5 Å². The second kappa shape index (κ2) is 6.75. The van der Waals surface area contributed by atoms with E-state index in [2.05, 4.69) is 6.92 Å². The summed E-state index contributed by atoms with van der Waals surface area (Å²) in [5.41, 5.74) is 1.90. The smallest absolute Gasteiger partial charge is 0.200 e. The van der Waals surface area contributed by atoms with Crippen molar-refractivity contribution < 1.29 is 14.3 Å². The highest BCUT2D eigenvalue weighted by atomic mass is 16.5. The van der Waals surface area contributed by atoms with E-state index < -0.39 is 0 Å². The highest BCUT2D eigenvalue weighted by molar-refractivity contribution is 5.97. The maximum absolute atomic E-state index is 12.0. The average Bonchev–Trinajstić information content (AvgIpc) is 2.53. The zero-order valence-corrected chi connectivity index (χ0v) is 11.8. The van der Waals surface area contributed by atoms with Crippen LogP contribution in [-0.4, -0.2) is 19.5 Å². The van der Waals surface area contributed by atoms with E-state index in [1.807, 2.05) is 24.3 Å². The third-order valence-electron chi connectivity index (χ3n) is 3.11. The van der Waals surface area contributed by atoms with Gasteiger partial charge in [-0.25, -0.2) is 0 Å². The maximum Gasteiger partial charge on any atom is 0.200 e. The molecule has 0 N–H and O–H groups in total. The second-order valence-electron chi connectivity index (χ2n) is 4.44. The molecule has 3 nitrogen and oxygen atoms in total. The Morgan fingerprint density at radius 3 is 2.10 bits per heavy atom. The molecule has 0 spiro atoms. The fourth-order valence-corrected chi connectivity index (χ4v) is 1.83. The Morgan fingerprint density at radius 2 is 1.55 bits per heavy atom. The number of carbonyl (C=O) groups excluding carboxylic acids is 1. The van der Waals surface area contributed by atoms with Gasteiger partial charge in [-0.1, -0.05) is 31.2 Å². The predicted molar refractivity (Wildman–Crippen MR) is 78.6 cm³/mol. The summed E-state index contributed by atoms with van der Waals surface area (Å²) >= 11 is 0. The SMILES string of the molecule is CCc1ccc(C(=O)COc2ccc(OC)cc2)cc1. The number of ether oxygens (including phenoxy) is 2. The van der Waals surface area contributed by atoms with E-state index in [0.717, 1.165) is 12.2 Å². The van der Waals surface area contributed by atoms with Crippen molar-refractivity contribution in [1.29, 1.82) is 0 Å². The standard InChI is InChI=1S/C17H18O3/c1-3-13-4-6-14(7-5-13)17(18)12-20-16-10-8-15(19-2)9-11-16/h4-11H,3,12H2,1-2H3. The number of ketones is 1. The quantitative estimate of drug-likeness (QED) is 0.753. The topological polar surface area (TPSA) is 35.5 Å². The van der Waals surface area contributed by atoms with Gasteiger partial charge in [0.25, 0.3) is 0 Å². The molecule has 2 rings (SSSR count). The number of hydrogen-bond acceptors (Lipinski definition) is 3. The number of rotatable bonds is 6. The molecule has 0 bridgehead atoms. The van der Waals surface area contributed by atoms with Crippen LogP contribution < -0.4 is 9.47 Å². The molecular formula is C17H18O3. The molecular weight excluding hydrogens is 252 g/mol. The van der Waals surface area contributed by atoms with Crippen molar-refractivity contribution in [2.24, 2.45) is 0 Å². The van der Waals surface area contributed by atoms with Crippen molar-refractivity contribution in [3.63, 3.8) is 0 Å². The summed E-state index contributed by atoms with van der Waals surface area (Å²) < 4.78 is 10.5. The lowest BCUT2D eigenvalue weighted by Gasteiger charge is -2.07. The van der Waals surface area contributed by atoms with Gasteiger partial charge in [-0.15, -0.1) is 0 Å². The molecule has 0 aliphatic heterocycles. The third kappa shape index (κ3) is 3.60. The van der Waals surface area contributed by atoms with E-state index in [9.17, 15) is 4.79 Å². The zero-order valence-electron chi connectivity index (χ0n) is 11.8. The van der Waals surface area contributed by atoms with Crippen LogP contribution >= 0.6 is 0 Å². The van der Waals surface area contributed by atoms with Crippen LogP contribution in [0, 0.1) is 0 Å². The van der Waals surface area contributed by atoms with E-state index in [4.69, 9.17) is 9.47 Å². The molecule has 2 aromatic rings. The van der Waals surface area contributed by atoms with E-state index in [-0.39, 0.29) is 12.4 Å². The molecule has 0 fully saturated rings. The Morgan fingerprint density at radius 1 is 0.950 bits per heavy atom. The highest BCUT2D eigenvalue weighted by Gasteiger charge is 2.06. The summed E-state index contributed by atoms with van der Waals surface area (Å²) in [6.07, 6.45) is 0.969. The van der Waals surface area contributed by atoms with Crippen LogP contribution in [0.4, 0.5) is 0 Å². The molecule has 0 saturated carbocycles. The van der Waals surface area contributed by atoms with Crippen LogP contribution in [0.15, 0.2) is 48.5 Å². The number of benzene rings is 2. The molecule has 20 heavy (non-hydrogen) atoms. The number of Topliss-reactive ketones (excluding diaryl/α,β-unsaturated/α-hetero) is 1. The van der Waals surface area contributed by atoms with Gasteiger partial charge in [-0.05, 0) is 36.2 Å². The largest absolute Gasteiger partial charge is 0.497 e. The fraction of sp³-hybridized carbons (Fsp3) is 0.235. The summed E-state index contributed by atoms with van der Waals surface area (Å²) in [5, 5.41) is 0. The first-order valence-electron chi connectivity index (χ1n) is 6.62. The van der Waals surface area contributed by atoms with Crippen LogP contribution in [0.5, 0.6) is 11.5 Å². The van der Waals surface area contributed by atoms with Crippen LogP contribution in [0.2, 0.25) is 0 Å². The molecule has 0 aliphatic rings. The van der Waals surface area contributed by atoms with Gasteiger partial charge < -0.3 is 9.47 Å². The van der Waals surface area contributed by atoms with Crippen LogP contribution in [0.25, 0.3) is 0 Å². The summed E-state index contributed by atoms with van der Waals surface area (Å²) in [6, 6.07) is 14.8. The molecule has 104 valence electrons. The highest BCUT2D eigenvalue weighted by Crippen LogP contribution is 2.17. The molecule has 0 heterocycles. The minimum atomic E-state index is -0.0246. The number of aryl methyl sites for hydroxylation is 1. The first-order chi connectivity index (χ1) is 9.72. The molecule has 0 radical (unpaired) electrons. The van der Waals surface area contributed by atoms with Gasteiger partial charge in [0.1, 0.15) is 11.5 Å². The first kappa shape index (κ1) is 14.1. The molecule has 0 saturated heterocycles. The van der Waals surface area contributed by atoms with Crippen molar-refractivity contribution in [2.75, 3.05) is 13.7 Å². The Labute approximate surface area is 119 Å². The molecule has 0 unspecified atom stereocenters. The molecule has 3 heteroatoms. The second-order valence-corrected chi connectivity index (χ2v) is 4.44. The summed E-state index contributed by atoms with van der Waals surface area (Å²) in [6.45, 7) is 2.13. The molecule has 2 aromatic carbocycles. The normalized spacial score (nSPS) is 10.1. The Balaban J connectivity index is 1.93. The maximum atomic E-state index is 12.0. The monoisotopic (exact) mass is 270 g/mol. The van der Waals surface area contributed by atoms with Gasteiger partial charge in [0, 0.05) is 5.56 Å². The van der Waals surface area contributed by atoms with Gasteiger partial charge >= 0.3 is 0 Å². The Hall–Kier alpha value is -2.29. The number of hydrogen-bond donors (Lipinski definition) is 0. The lowest BCUT2D eigenvalue weighted by atomic mass is 10.1. The average molecular weight is 270 g/mol. The summed E-state index contributed by atoms with van der Waals surface area (Å²) in [5.74, 6) is 1.40. The van der Waals surface area contributed by atoms with E-state index in [0.29, 0.717) is 11.3 Å². The van der Waals surface area contributed by atoms with Crippen LogP contribution in [0.1, 0.15) is 22.8 Å². The fourth-order valence-electron chi connectivity index (χ4n) is 1.83. The molecule has 0 aliphatic carbocycles. The van der Waals surface area contributed by atoms with Crippen molar-refractivity contribution >= 4 is 5.78 Å². The Bertz CT molecular complexity index is 556. The number of carbonyl (C=O) groups is 1. The minimum absolute atomic E-state index is 0.0246. The van der Waals surface area contributed by atoms with Crippen molar-refractivity contribution in [1.82, 2.24) is 0 Å². The number of methoxy groups -OCH3 is 1. The van der Waals surface area contributed by atoms with Gasteiger partial charge in [0.05, 0.1) is 7.11 Å². The van der Waals surface area contributed by atoms with Crippen molar-refractivity contribution in [3.05, 3.63) is 59.7 Å². The lowest BCUT2D eigenvalue weighted by molar-refractivity contribution is 0.0921. The Kier molecular flexibility index (Phi) is 4.77. The van der Waals surface area contributed by atoms with Gasteiger partial charge in [-0.3, -0.25) is 4.79 Å². The van der Waals surface area contributed by atoms with Crippen molar-refractivity contribution in [2.45, 2.75) is 13.3 Å². The van der Waals surface area contributed by atoms with Crippen LogP contribution in [0.3, 0.4) is 0 Å². The van der Waals surface area contributed by atoms with Gasteiger partial charge in [-0.2, -0.15) is 0 Å². The molecule has 0 atom stereocenters. The molecule has 0 aromatic heterocycles. The minimum Gasteiger partial charge on any atom is -0.497 e. The summed E-state index contributed by atoms with van der Waals surface area (Å²) in [4.78, 5) is 12.0. The van der Waals surface area contributed by atoms with E-state index in [1.54, 1.807) is 31.4 Å². The van der Waals surface area contributed by atoms with Gasteiger partial charge in [0.15, 0.2) is 12.4 Å². The first-order valence-corrected chi connectivity index (χ1v) is 6.62. The van der Waals surface area contributed by atoms with E-state index >= 15 is 0 Å². The lowest BCUT2D eigenvalue weighted by Crippen LogP contribution is -2.11. The summed E-state index contributed by atoms with van der Waals surface area (Å²) in [7, 11) is 1.61.